The summed E-state index contributed by atoms with van der Waals surface area (Å²) in [5.74, 6) is 1.37. The number of aromatic hydroxyl groups is 1. The maximum Gasteiger partial charge on any atom is 0.173 e. The van der Waals surface area contributed by atoms with Gasteiger partial charge >= 0.3 is 0 Å². The molecule has 0 bridgehead atoms. The molecule has 124 valence electrons. The molecule has 0 amide bonds. The molecule has 1 aromatic rings. The van der Waals surface area contributed by atoms with Crippen LogP contribution in [0, 0.1) is 17.3 Å². The van der Waals surface area contributed by atoms with Crippen molar-refractivity contribution in [3.05, 3.63) is 27.7 Å². The number of Topliss-reactive ketones (excluding diaryl/α,β-unsaturated/α-hetero) is 1. The molecule has 0 heterocycles. The fraction of sp³-hybridized carbons (Fsp3) is 0.632. The van der Waals surface area contributed by atoms with Gasteiger partial charge in [0.05, 0.1) is 4.47 Å². The van der Waals surface area contributed by atoms with Gasteiger partial charge in [-0.3, -0.25) is 4.79 Å². The fourth-order valence-electron chi connectivity index (χ4n) is 5.55. The molecule has 0 radical (unpaired) electrons. The van der Waals surface area contributed by atoms with Crippen molar-refractivity contribution in [2.24, 2.45) is 17.3 Å². The standard InChI is InChI=1S/C19H22BrFO2/c1-19-7-6-11-12(14(19)4-5-16(21)18(19)23)3-2-10-8-17(22)15(20)9-13(10)11/h8-9,11-12,14,16,22H,2-7H2,1H3/t11-,12+,14-,16+,19-/m0/s1. The first-order valence-electron chi connectivity index (χ1n) is 8.61. The van der Waals surface area contributed by atoms with Gasteiger partial charge in [0.2, 0.25) is 0 Å². The molecule has 0 saturated heterocycles. The molecular weight excluding hydrogens is 359 g/mol. The highest BCUT2D eigenvalue weighted by Crippen LogP contribution is 2.59. The van der Waals surface area contributed by atoms with E-state index < -0.39 is 11.6 Å². The van der Waals surface area contributed by atoms with Gasteiger partial charge in [0.15, 0.2) is 12.0 Å². The van der Waals surface area contributed by atoms with Crippen molar-refractivity contribution in [3.63, 3.8) is 0 Å². The summed E-state index contributed by atoms with van der Waals surface area (Å²) in [6, 6.07) is 3.94. The number of alkyl halides is 1. The van der Waals surface area contributed by atoms with Gasteiger partial charge in [0, 0.05) is 5.41 Å². The lowest BCUT2D eigenvalue weighted by atomic mass is 9.50. The summed E-state index contributed by atoms with van der Waals surface area (Å²) in [5.41, 5.74) is 2.09. The SMILES string of the molecule is C[C@]12CC[C@@H]3c4cc(Br)c(O)cc4CC[C@H]3[C@@H]1CC[C@@H](F)C2=O. The minimum Gasteiger partial charge on any atom is -0.507 e. The molecule has 5 atom stereocenters. The van der Waals surface area contributed by atoms with Crippen LogP contribution in [-0.2, 0) is 11.2 Å². The van der Waals surface area contributed by atoms with Crippen molar-refractivity contribution in [2.45, 2.75) is 57.5 Å². The van der Waals surface area contributed by atoms with Gasteiger partial charge in [-0.15, -0.1) is 0 Å². The van der Waals surface area contributed by atoms with Gasteiger partial charge in [-0.05, 0) is 95.5 Å². The monoisotopic (exact) mass is 380 g/mol. The number of benzene rings is 1. The third-order valence-corrected chi connectivity index (χ3v) is 7.40. The average Bonchev–Trinajstić information content (AvgIpc) is 2.52. The van der Waals surface area contributed by atoms with Crippen LogP contribution in [0.2, 0.25) is 0 Å². The average molecular weight is 381 g/mol. The molecule has 4 heteroatoms. The van der Waals surface area contributed by atoms with Crippen LogP contribution in [0.15, 0.2) is 16.6 Å². The second-order valence-corrected chi connectivity index (χ2v) is 8.64. The zero-order chi connectivity index (χ0) is 16.4. The van der Waals surface area contributed by atoms with Crippen LogP contribution in [-0.4, -0.2) is 17.1 Å². The lowest BCUT2D eigenvalue weighted by Gasteiger charge is -2.53. The molecule has 0 aromatic heterocycles. The Morgan fingerprint density at radius 3 is 2.83 bits per heavy atom. The molecule has 3 aliphatic carbocycles. The number of rotatable bonds is 0. The number of fused-ring (bicyclic) bond motifs is 5. The van der Waals surface area contributed by atoms with E-state index in [1.807, 2.05) is 13.0 Å². The molecule has 2 nitrogen and oxygen atoms in total. The van der Waals surface area contributed by atoms with Crippen molar-refractivity contribution >= 4 is 21.7 Å². The van der Waals surface area contributed by atoms with Crippen molar-refractivity contribution in [1.29, 1.82) is 0 Å². The molecule has 4 rings (SSSR count). The number of hydrogen-bond donors (Lipinski definition) is 1. The smallest absolute Gasteiger partial charge is 0.173 e. The fourth-order valence-corrected chi connectivity index (χ4v) is 5.91. The third-order valence-electron chi connectivity index (χ3n) is 6.76. The highest BCUT2D eigenvalue weighted by Gasteiger charge is 2.55. The number of carbonyl (C=O) groups excluding carboxylic acids is 1. The Bertz CT molecular complexity index is 674. The predicted molar refractivity (Wildman–Crippen MR) is 90.3 cm³/mol. The van der Waals surface area contributed by atoms with Crippen LogP contribution in [0.3, 0.4) is 0 Å². The topological polar surface area (TPSA) is 37.3 Å². The van der Waals surface area contributed by atoms with E-state index in [2.05, 4.69) is 22.0 Å². The Kier molecular flexibility index (Phi) is 3.60. The molecule has 0 spiro atoms. The third kappa shape index (κ3) is 2.20. The van der Waals surface area contributed by atoms with E-state index in [-0.39, 0.29) is 5.78 Å². The van der Waals surface area contributed by atoms with Crippen LogP contribution in [0.1, 0.15) is 56.1 Å². The number of halogens is 2. The Hall–Kier alpha value is -0.900. The van der Waals surface area contributed by atoms with E-state index >= 15 is 0 Å². The molecule has 1 aromatic carbocycles. The van der Waals surface area contributed by atoms with Crippen LogP contribution in [0.4, 0.5) is 4.39 Å². The van der Waals surface area contributed by atoms with E-state index in [0.717, 1.165) is 36.6 Å². The van der Waals surface area contributed by atoms with E-state index in [9.17, 15) is 14.3 Å². The maximum atomic E-state index is 14.0. The van der Waals surface area contributed by atoms with E-state index in [1.165, 1.54) is 11.1 Å². The van der Waals surface area contributed by atoms with E-state index in [1.54, 1.807) is 0 Å². The lowest BCUT2D eigenvalue weighted by Crippen LogP contribution is -2.52. The lowest BCUT2D eigenvalue weighted by molar-refractivity contribution is -0.147. The largest absolute Gasteiger partial charge is 0.507 e. The first-order valence-corrected chi connectivity index (χ1v) is 9.41. The van der Waals surface area contributed by atoms with Crippen LogP contribution >= 0.6 is 15.9 Å². The minimum atomic E-state index is -1.25. The summed E-state index contributed by atoms with van der Waals surface area (Å²) >= 11 is 3.43. The molecule has 3 aliphatic rings. The summed E-state index contributed by atoms with van der Waals surface area (Å²) in [6.45, 7) is 2.00. The van der Waals surface area contributed by atoms with Crippen molar-refractivity contribution in [3.8, 4) is 5.75 Å². The molecule has 0 unspecified atom stereocenters. The summed E-state index contributed by atoms with van der Waals surface area (Å²) in [5, 5.41) is 9.93. The van der Waals surface area contributed by atoms with Crippen LogP contribution < -0.4 is 0 Å². The summed E-state index contributed by atoms with van der Waals surface area (Å²) in [4.78, 5) is 12.5. The van der Waals surface area contributed by atoms with Gasteiger partial charge in [-0.2, -0.15) is 0 Å². The number of phenolic OH excluding ortho intramolecular Hbond substituents is 1. The first-order chi connectivity index (χ1) is 10.9. The highest BCUT2D eigenvalue weighted by atomic mass is 79.9. The number of ketones is 1. The number of carbonyl (C=O) groups is 1. The summed E-state index contributed by atoms with van der Waals surface area (Å²) in [6.07, 6.45) is 3.69. The van der Waals surface area contributed by atoms with Crippen molar-refractivity contribution in [2.75, 3.05) is 0 Å². The minimum absolute atomic E-state index is 0.148. The zero-order valence-electron chi connectivity index (χ0n) is 13.3. The van der Waals surface area contributed by atoms with Crippen molar-refractivity contribution in [1.82, 2.24) is 0 Å². The van der Waals surface area contributed by atoms with Crippen molar-refractivity contribution < 1.29 is 14.3 Å². The molecule has 1 N–H and O–H groups in total. The highest BCUT2D eigenvalue weighted by molar-refractivity contribution is 9.10. The maximum absolute atomic E-state index is 14.0. The summed E-state index contributed by atoms with van der Waals surface area (Å²) in [7, 11) is 0. The van der Waals surface area contributed by atoms with E-state index in [0.29, 0.717) is 29.9 Å². The van der Waals surface area contributed by atoms with Gasteiger partial charge in [-0.25, -0.2) is 4.39 Å². The predicted octanol–water partition coefficient (Wildman–Crippen LogP) is 4.92. The molecule has 0 aliphatic heterocycles. The molecule has 2 fully saturated rings. The second-order valence-electron chi connectivity index (χ2n) is 7.78. The van der Waals surface area contributed by atoms with Gasteiger partial charge in [-0.1, -0.05) is 6.92 Å². The number of phenols is 1. The number of hydrogen-bond acceptors (Lipinski definition) is 2. The second kappa shape index (κ2) is 5.30. The summed E-state index contributed by atoms with van der Waals surface area (Å²) < 4.78 is 14.7. The normalized spacial score (nSPS) is 39.3. The molecule has 2 saturated carbocycles. The van der Waals surface area contributed by atoms with Gasteiger partial charge in [0.25, 0.3) is 0 Å². The molecule has 23 heavy (non-hydrogen) atoms. The quantitative estimate of drug-likeness (QED) is 0.693. The van der Waals surface area contributed by atoms with Crippen LogP contribution in [0.5, 0.6) is 5.75 Å². The Morgan fingerprint density at radius 1 is 1.26 bits per heavy atom. The number of aryl methyl sites for hydroxylation is 1. The van der Waals surface area contributed by atoms with Gasteiger partial charge < -0.3 is 5.11 Å². The van der Waals surface area contributed by atoms with E-state index in [4.69, 9.17) is 0 Å². The zero-order valence-corrected chi connectivity index (χ0v) is 14.9. The van der Waals surface area contributed by atoms with Crippen LogP contribution in [0.25, 0.3) is 0 Å². The Morgan fingerprint density at radius 2 is 2.04 bits per heavy atom. The Labute approximate surface area is 144 Å². The van der Waals surface area contributed by atoms with Gasteiger partial charge in [0.1, 0.15) is 5.75 Å². The molecular formula is C19H22BrFO2. The first kappa shape index (κ1) is 15.6. The Balaban J connectivity index is 1.72.